The molecule has 0 aliphatic heterocycles. The third kappa shape index (κ3) is 9.43. The van der Waals surface area contributed by atoms with Crippen molar-refractivity contribution in [2.75, 3.05) is 26.7 Å². The Morgan fingerprint density at radius 3 is 2.53 bits per heavy atom. The van der Waals surface area contributed by atoms with Crippen LogP contribution in [0, 0.1) is 12.7 Å². The summed E-state index contributed by atoms with van der Waals surface area (Å²) in [5.74, 6) is 1.00. The Labute approximate surface area is 194 Å². The number of halogens is 2. The normalized spacial score (nSPS) is 11.8. The zero-order valence-corrected chi connectivity index (χ0v) is 19.9. The molecule has 8 heteroatoms. The second-order valence-electron chi connectivity index (χ2n) is 6.73. The highest BCUT2D eigenvalue weighted by Gasteiger charge is 2.08. The van der Waals surface area contributed by atoms with Crippen molar-refractivity contribution in [3.05, 3.63) is 65.5 Å². The topological polar surface area (TPSA) is 74.8 Å². The number of rotatable bonds is 9. The third-order valence-electron chi connectivity index (χ3n) is 4.20. The van der Waals surface area contributed by atoms with E-state index in [9.17, 15) is 9.18 Å². The van der Waals surface area contributed by atoms with Gasteiger partial charge in [0.15, 0.2) is 5.96 Å². The predicted molar refractivity (Wildman–Crippen MR) is 129 cm³/mol. The minimum atomic E-state index is -0.340. The van der Waals surface area contributed by atoms with Gasteiger partial charge in [-0.05, 0) is 43.2 Å². The Hall–Kier alpha value is -2.36. The number of hydrogen-bond acceptors (Lipinski definition) is 3. The molecule has 1 unspecified atom stereocenters. The molecule has 1 amide bonds. The average molecular weight is 528 g/mol. The summed E-state index contributed by atoms with van der Waals surface area (Å²) in [6.45, 7) is 5.53. The number of nitrogens with zero attached hydrogens (tertiary/aromatic N) is 1. The number of hydrogen-bond donors (Lipinski definition) is 3. The molecular weight excluding hydrogens is 498 g/mol. The highest BCUT2D eigenvalue weighted by atomic mass is 127. The summed E-state index contributed by atoms with van der Waals surface area (Å²) >= 11 is 0. The van der Waals surface area contributed by atoms with E-state index in [1.54, 1.807) is 19.2 Å². The smallest absolute Gasteiger partial charge is 0.224 e. The van der Waals surface area contributed by atoms with Gasteiger partial charge < -0.3 is 20.7 Å². The zero-order chi connectivity index (χ0) is 21.1. The van der Waals surface area contributed by atoms with Crippen LogP contribution in [0.1, 0.15) is 18.1 Å². The fourth-order valence-electron chi connectivity index (χ4n) is 2.69. The fourth-order valence-corrected chi connectivity index (χ4v) is 2.69. The number of carbonyl (C=O) groups excluding carboxylic acids is 1. The van der Waals surface area contributed by atoms with Crippen LogP contribution in [-0.4, -0.2) is 44.7 Å². The van der Waals surface area contributed by atoms with Crippen molar-refractivity contribution in [1.29, 1.82) is 0 Å². The largest absolute Gasteiger partial charge is 0.489 e. The summed E-state index contributed by atoms with van der Waals surface area (Å²) in [4.78, 5) is 16.1. The van der Waals surface area contributed by atoms with Crippen molar-refractivity contribution >= 4 is 35.8 Å². The number of aliphatic imine (C=N–C) groups is 1. The van der Waals surface area contributed by atoms with E-state index in [0.717, 1.165) is 11.3 Å². The van der Waals surface area contributed by atoms with Crippen LogP contribution < -0.4 is 20.7 Å². The van der Waals surface area contributed by atoms with E-state index in [0.29, 0.717) is 31.2 Å². The number of guanidine groups is 1. The van der Waals surface area contributed by atoms with Crippen molar-refractivity contribution < 1.29 is 13.9 Å². The molecule has 2 rings (SSSR count). The maximum Gasteiger partial charge on any atom is 0.224 e. The number of ether oxygens (including phenoxy) is 1. The van der Waals surface area contributed by atoms with E-state index in [4.69, 9.17) is 4.74 Å². The van der Waals surface area contributed by atoms with Crippen molar-refractivity contribution in [2.24, 2.45) is 4.99 Å². The first kappa shape index (κ1) is 25.7. The number of para-hydroxylation sites is 1. The molecule has 0 aliphatic rings. The van der Waals surface area contributed by atoms with Crippen molar-refractivity contribution in [3.63, 3.8) is 0 Å². The van der Waals surface area contributed by atoms with Crippen LogP contribution >= 0.6 is 24.0 Å². The number of carbonyl (C=O) groups is 1. The van der Waals surface area contributed by atoms with Gasteiger partial charge >= 0.3 is 0 Å². The van der Waals surface area contributed by atoms with Crippen LogP contribution in [0.2, 0.25) is 0 Å². The zero-order valence-electron chi connectivity index (χ0n) is 17.6. The Bertz CT molecular complexity index is 832. The summed E-state index contributed by atoms with van der Waals surface area (Å²) in [5.41, 5.74) is 1.74. The maximum absolute atomic E-state index is 13.2. The van der Waals surface area contributed by atoms with E-state index in [1.807, 2.05) is 38.1 Å². The lowest BCUT2D eigenvalue weighted by atomic mass is 10.1. The van der Waals surface area contributed by atoms with Crippen LogP contribution in [-0.2, 0) is 11.2 Å². The van der Waals surface area contributed by atoms with Crippen LogP contribution in [0.5, 0.6) is 5.75 Å². The summed E-state index contributed by atoms with van der Waals surface area (Å²) < 4.78 is 19.1. The molecule has 0 fully saturated rings. The fraction of sp³-hybridized carbons (Fsp3) is 0.364. The van der Waals surface area contributed by atoms with Gasteiger partial charge in [0, 0.05) is 20.1 Å². The summed E-state index contributed by atoms with van der Waals surface area (Å²) in [6, 6.07) is 13.9. The molecule has 30 heavy (non-hydrogen) atoms. The average Bonchev–Trinajstić information content (AvgIpc) is 2.69. The SMILES string of the molecule is CN=C(NCCNC(=O)Cc1cccc(F)c1)NCC(C)Oc1ccccc1C.I. The van der Waals surface area contributed by atoms with Gasteiger partial charge in [0.25, 0.3) is 0 Å². The summed E-state index contributed by atoms with van der Waals surface area (Å²) in [7, 11) is 1.69. The first-order valence-electron chi connectivity index (χ1n) is 9.66. The van der Waals surface area contributed by atoms with Crippen molar-refractivity contribution in [3.8, 4) is 5.75 Å². The highest BCUT2D eigenvalue weighted by Crippen LogP contribution is 2.17. The molecule has 0 saturated carbocycles. The highest BCUT2D eigenvalue weighted by molar-refractivity contribution is 14.0. The Morgan fingerprint density at radius 1 is 1.10 bits per heavy atom. The van der Waals surface area contributed by atoms with E-state index in [-0.39, 0.29) is 48.2 Å². The molecule has 0 spiro atoms. The molecule has 0 radical (unpaired) electrons. The summed E-state index contributed by atoms with van der Waals surface area (Å²) in [5, 5.41) is 9.14. The van der Waals surface area contributed by atoms with Crippen LogP contribution in [0.25, 0.3) is 0 Å². The van der Waals surface area contributed by atoms with Gasteiger partial charge in [-0.1, -0.05) is 30.3 Å². The van der Waals surface area contributed by atoms with Gasteiger partial charge in [-0.15, -0.1) is 24.0 Å². The molecule has 3 N–H and O–H groups in total. The minimum Gasteiger partial charge on any atom is -0.489 e. The van der Waals surface area contributed by atoms with Gasteiger partial charge in [0.1, 0.15) is 17.7 Å². The van der Waals surface area contributed by atoms with Gasteiger partial charge in [-0.2, -0.15) is 0 Å². The number of aryl methyl sites for hydroxylation is 1. The van der Waals surface area contributed by atoms with Crippen molar-refractivity contribution in [2.45, 2.75) is 26.4 Å². The maximum atomic E-state index is 13.2. The third-order valence-corrected chi connectivity index (χ3v) is 4.20. The van der Waals surface area contributed by atoms with E-state index in [1.165, 1.54) is 12.1 Å². The lowest BCUT2D eigenvalue weighted by Gasteiger charge is -2.19. The van der Waals surface area contributed by atoms with Gasteiger partial charge in [0.2, 0.25) is 5.91 Å². The van der Waals surface area contributed by atoms with Gasteiger partial charge in [-0.3, -0.25) is 9.79 Å². The standard InChI is InChI=1S/C22H29FN4O2.HI/c1-16-7-4-5-10-20(16)29-17(2)15-27-22(24-3)26-12-11-25-21(28)14-18-8-6-9-19(23)13-18;/h4-10,13,17H,11-12,14-15H2,1-3H3,(H,25,28)(H2,24,26,27);1H. The molecule has 6 nitrogen and oxygen atoms in total. The molecule has 2 aromatic rings. The summed E-state index contributed by atoms with van der Waals surface area (Å²) in [6.07, 6.45) is 0.110. The Morgan fingerprint density at radius 2 is 1.83 bits per heavy atom. The molecule has 0 aliphatic carbocycles. The number of benzene rings is 2. The van der Waals surface area contributed by atoms with E-state index in [2.05, 4.69) is 20.9 Å². The van der Waals surface area contributed by atoms with E-state index >= 15 is 0 Å². The molecule has 2 aromatic carbocycles. The molecule has 1 atom stereocenters. The molecule has 0 bridgehead atoms. The molecule has 0 heterocycles. The number of amides is 1. The van der Waals surface area contributed by atoms with Crippen LogP contribution in [0.15, 0.2) is 53.5 Å². The quantitative estimate of drug-likeness (QED) is 0.203. The predicted octanol–water partition coefficient (Wildman–Crippen LogP) is 3.04. The molecule has 0 aromatic heterocycles. The number of nitrogens with one attached hydrogen (secondary N) is 3. The van der Waals surface area contributed by atoms with E-state index < -0.39 is 0 Å². The van der Waals surface area contributed by atoms with Gasteiger partial charge in [0.05, 0.1) is 13.0 Å². The second kappa shape index (κ2) is 13.8. The molecule has 164 valence electrons. The Kier molecular flexibility index (Phi) is 11.8. The Balaban J connectivity index is 0.00000450. The van der Waals surface area contributed by atoms with Crippen LogP contribution in [0.3, 0.4) is 0 Å². The lowest BCUT2D eigenvalue weighted by molar-refractivity contribution is -0.120. The van der Waals surface area contributed by atoms with Crippen molar-refractivity contribution in [1.82, 2.24) is 16.0 Å². The second-order valence-corrected chi connectivity index (χ2v) is 6.73. The first-order chi connectivity index (χ1) is 14.0. The van der Waals surface area contributed by atoms with Gasteiger partial charge in [-0.25, -0.2) is 4.39 Å². The lowest BCUT2D eigenvalue weighted by Crippen LogP contribution is -2.44. The van der Waals surface area contributed by atoms with Crippen LogP contribution in [0.4, 0.5) is 4.39 Å². The first-order valence-corrected chi connectivity index (χ1v) is 9.66. The monoisotopic (exact) mass is 528 g/mol. The molecular formula is C22H30FIN4O2. The molecule has 0 saturated heterocycles. The minimum absolute atomic E-state index is 0.